The van der Waals surface area contributed by atoms with E-state index in [1.165, 1.54) is 6.07 Å². The molecule has 2 heterocycles. The van der Waals surface area contributed by atoms with Crippen LogP contribution in [0.5, 0.6) is 0 Å². The minimum atomic E-state index is -0.237. The van der Waals surface area contributed by atoms with Gasteiger partial charge < -0.3 is 4.74 Å². The predicted octanol–water partition coefficient (Wildman–Crippen LogP) is 3.20. The standard InChI is InChI=1S/C15H20FNO2/c1-15(2,3)18-14-9-13-11-5-4-6-12(16)10(11)7-8-17(13)19-14/h4-6,13-14H,7-9H2,1-3H3/t13-,14-/m0/s1. The maximum Gasteiger partial charge on any atom is 0.180 e. The second kappa shape index (κ2) is 4.54. The van der Waals surface area contributed by atoms with Crippen molar-refractivity contribution in [1.29, 1.82) is 0 Å². The van der Waals surface area contributed by atoms with Crippen LogP contribution in [0.15, 0.2) is 18.2 Å². The molecule has 0 aromatic heterocycles. The van der Waals surface area contributed by atoms with Crippen molar-refractivity contribution in [2.75, 3.05) is 6.54 Å². The molecule has 4 heteroatoms. The van der Waals surface area contributed by atoms with Crippen LogP contribution in [0.3, 0.4) is 0 Å². The van der Waals surface area contributed by atoms with Crippen molar-refractivity contribution in [2.45, 2.75) is 51.5 Å². The van der Waals surface area contributed by atoms with Crippen molar-refractivity contribution in [3.8, 4) is 0 Å². The predicted molar refractivity (Wildman–Crippen MR) is 69.9 cm³/mol. The molecule has 0 bridgehead atoms. The molecule has 1 fully saturated rings. The highest BCUT2D eigenvalue weighted by atomic mass is 19.1. The molecule has 1 aromatic carbocycles. The quantitative estimate of drug-likeness (QED) is 0.778. The highest BCUT2D eigenvalue weighted by Crippen LogP contribution is 2.40. The normalized spacial score (nSPS) is 27.2. The van der Waals surface area contributed by atoms with E-state index in [9.17, 15) is 4.39 Å². The molecule has 0 saturated carbocycles. The average molecular weight is 265 g/mol. The second-order valence-corrected chi connectivity index (χ2v) is 6.21. The first kappa shape index (κ1) is 13.0. The zero-order valence-electron chi connectivity index (χ0n) is 11.6. The Kier molecular flexibility index (Phi) is 3.12. The first-order chi connectivity index (χ1) is 8.94. The van der Waals surface area contributed by atoms with Gasteiger partial charge >= 0.3 is 0 Å². The number of hydrogen-bond acceptors (Lipinski definition) is 3. The van der Waals surface area contributed by atoms with E-state index in [4.69, 9.17) is 9.57 Å². The van der Waals surface area contributed by atoms with Crippen molar-refractivity contribution >= 4 is 0 Å². The number of hydrogen-bond donors (Lipinski definition) is 0. The lowest BCUT2D eigenvalue weighted by Gasteiger charge is -2.29. The van der Waals surface area contributed by atoms with E-state index in [2.05, 4.69) is 0 Å². The molecule has 3 nitrogen and oxygen atoms in total. The lowest BCUT2D eigenvalue weighted by atomic mass is 9.92. The smallest absolute Gasteiger partial charge is 0.180 e. The summed E-state index contributed by atoms with van der Waals surface area (Å²) in [5, 5.41) is 1.94. The summed E-state index contributed by atoms with van der Waals surface area (Å²) in [4.78, 5) is 5.83. The van der Waals surface area contributed by atoms with E-state index < -0.39 is 0 Å². The fourth-order valence-corrected chi connectivity index (χ4v) is 2.90. The maximum atomic E-state index is 13.8. The Bertz CT molecular complexity index is 484. The molecule has 0 unspecified atom stereocenters. The van der Waals surface area contributed by atoms with Gasteiger partial charge in [-0.25, -0.2) is 4.39 Å². The van der Waals surface area contributed by atoms with Crippen LogP contribution in [-0.4, -0.2) is 23.5 Å². The van der Waals surface area contributed by atoms with Gasteiger partial charge in [-0.05, 0) is 44.4 Å². The topological polar surface area (TPSA) is 21.7 Å². The van der Waals surface area contributed by atoms with Gasteiger partial charge in [-0.15, -0.1) is 0 Å². The largest absolute Gasteiger partial charge is 0.345 e. The molecule has 0 radical (unpaired) electrons. The molecule has 1 saturated heterocycles. The van der Waals surface area contributed by atoms with Crippen molar-refractivity contribution in [2.24, 2.45) is 0 Å². The van der Waals surface area contributed by atoms with E-state index in [1.54, 1.807) is 6.07 Å². The van der Waals surface area contributed by atoms with Crippen molar-refractivity contribution in [3.05, 3.63) is 35.1 Å². The van der Waals surface area contributed by atoms with Gasteiger partial charge in [0.2, 0.25) is 0 Å². The molecule has 0 N–H and O–H groups in total. The SMILES string of the molecule is CC(C)(C)O[C@@H]1C[C@H]2c3cccc(F)c3CCN2O1. The van der Waals surface area contributed by atoms with Gasteiger partial charge in [0.05, 0.1) is 11.6 Å². The Morgan fingerprint density at radius 3 is 2.89 bits per heavy atom. The Morgan fingerprint density at radius 2 is 2.16 bits per heavy atom. The lowest BCUT2D eigenvalue weighted by Crippen LogP contribution is -2.32. The minimum absolute atomic E-state index is 0.0997. The van der Waals surface area contributed by atoms with E-state index >= 15 is 0 Å². The minimum Gasteiger partial charge on any atom is -0.345 e. The molecule has 0 spiro atoms. The monoisotopic (exact) mass is 265 g/mol. The molecule has 104 valence electrons. The Labute approximate surface area is 113 Å². The van der Waals surface area contributed by atoms with E-state index in [0.717, 1.165) is 24.1 Å². The molecule has 1 aromatic rings. The number of nitrogens with zero attached hydrogens (tertiary/aromatic N) is 1. The summed E-state index contributed by atoms with van der Waals surface area (Å²) >= 11 is 0. The van der Waals surface area contributed by atoms with E-state index in [1.807, 2.05) is 31.9 Å². The Hall–Kier alpha value is -0.970. The first-order valence-corrected chi connectivity index (χ1v) is 6.82. The van der Waals surface area contributed by atoms with Crippen molar-refractivity contribution < 1.29 is 14.0 Å². The van der Waals surface area contributed by atoms with Gasteiger partial charge in [0.15, 0.2) is 6.29 Å². The van der Waals surface area contributed by atoms with Crippen LogP contribution >= 0.6 is 0 Å². The third-order valence-electron chi connectivity index (χ3n) is 3.60. The summed E-state index contributed by atoms with van der Waals surface area (Å²) < 4.78 is 19.7. The molecule has 2 aliphatic heterocycles. The molecular formula is C15H20FNO2. The summed E-state index contributed by atoms with van der Waals surface area (Å²) in [5.74, 6) is -0.0997. The molecule has 3 rings (SSSR count). The maximum absolute atomic E-state index is 13.8. The first-order valence-electron chi connectivity index (χ1n) is 6.82. The number of hydroxylamine groups is 2. The van der Waals surface area contributed by atoms with Crippen LogP contribution in [0.25, 0.3) is 0 Å². The van der Waals surface area contributed by atoms with E-state index in [0.29, 0.717) is 6.42 Å². The summed E-state index contributed by atoms with van der Waals surface area (Å²) in [6.45, 7) is 6.77. The van der Waals surface area contributed by atoms with Crippen LogP contribution in [0.2, 0.25) is 0 Å². The summed E-state index contributed by atoms with van der Waals surface area (Å²) in [5.41, 5.74) is 1.65. The van der Waals surface area contributed by atoms with Gasteiger partial charge in [0.1, 0.15) is 5.82 Å². The fourth-order valence-electron chi connectivity index (χ4n) is 2.90. The number of fused-ring (bicyclic) bond motifs is 3. The zero-order valence-corrected chi connectivity index (χ0v) is 11.6. The summed E-state index contributed by atoms with van der Waals surface area (Å²) in [6.07, 6.45) is 1.22. The number of rotatable bonds is 1. The highest BCUT2D eigenvalue weighted by Gasteiger charge is 2.40. The van der Waals surface area contributed by atoms with Gasteiger partial charge in [0.25, 0.3) is 0 Å². The summed E-state index contributed by atoms with van der Waals surface area (Å²) in [7, 11) is 0. The molecule has 19 heavy (non-hydrogen) atoms. The Morgan fingerprint density at radius 1 is 1.37 bits per heavy atom. The van der Waals surface area contributed by atoms with Crippen molar-refractivity contribution in [3.63, 3.8) is 0 Å². The molecule has 2 aliphatic rings. The van der Waals surface area contributed by atoms with Gasteiger partial charge in [0, 0.05) is 13.0 Å². The highest BCUT2D eigenvalue weighted by molar-refractivity contribution is 5.34. The third-order valence-corrected chi connectivity index (χ3v) is 3.60. The number of halogens is 1. The average Bonchev–Trinajstić information content (AvgIpc) is 2.69. The Balaban J connectivity index is 1.82. The molecule has 2 atom stereocenters. The van der Waals surface area contributed by atoms with Crippen LogP contribution in [0, 0.1) is 5.82 Å². The van der Waals surface area contributed by atoms with Crippen LogP contribution in [0.4, 0.5) is 4.39 Å². The van der Waals surface area contributed by atoms with Gasteiger partial charge in [-0.3, -0.25) is 4.84 Å². The summed E-state index contributed by atoms with van der Waals surface area (Å²) in [6, 6.07) is 5.42. The van der Waals surface area contributed by atoms with Crippen LogP contribution in [-0.2, 0) is 16.0 Å². The van der Waals surface area contributed by atoms with Gasteiger partial charge in [-0.2, -0.15) is 5.06 Å². The zero-order chi connectivity index (χ0) is 13.6. The second-order valence-electron chi connectivity index (χ2n) is 6.21. The fraction of sp³-hybridized carbons (Fsp3) is 0.600. The lowest BCUT2D eigenvalue weighted by molar-refractivity contribution is -0.266. The molecule has 0 amide bonds. The molecular weight excluding hydrogens is 245 g/mol. The van der Waals surface area contributed by atoms with Crippen molar-refractivity contribution in [1.82, 2.24) is 5.06 Å². The van der Waals surface area contributed by atoms with Crippen LogP contribution < -0.4 is 0 Å². The molecule has 0 aliphatic carbocycles. The van der Waals surface area contributed by atoms with Crippen LogP contribution in [0.1, 0.15) is 44.4 Å². The van der Waals surface area contributed by atoms with E-state index in [-0.39, 0.29) is 23.8 Å². The number of ether oxygens (including phenoxy) is 1. The van der Waals surface area contributed by atoms with Gasteiger partial charge in [-0.1, -0.05) is 12.1 Å². The number of benzene rings is 1. The third kappa shape index (κ3) is 2.53.